The molecule has 16 heavy (non-hydrogen) atoms. The number of methoxy groups -OCH3 is 2. The van der Waals surface area contributed by atoms with Crippen molar-refractivity contribution >= 4 is 0 Å². The zero-order valence-electron chi connectivity index (χ0n) is 9.85. The van der Waals surface area contributed by atoms with Crippen LogP contribution < -0.4 is 0 Å². The Labute approximate surface area is 95.9 Å². The monoisotopic (exact) mass is 232 g/mol. The highest BCUT2D eigenvalue weighted by atomic mass is 16.7. The summed E-state index contributed by atoms with van der Waals surface area (Å²) in [6, 6.07) is 0. The van der Waals surface area contributed by atoms with E-state index in [4.69, 9.17) is 18.9 Å². The summed E-state index contributed by atoms with van der Waals surface area (Å²) < 4.78 is 20.4. The van der Waals surface area contributed by atoms with Gasteiger partial charge in [0.15, 0.2) is 0 Å². The van der Waals surface area contributed by atoms with E-state index in [1.165, 1.54) is 0 Å². The first-order valence-corrected chi connectivity index (χ1v) is 5.24. The average Bonchev–Trinajstić information content (AvgIpc) is 2.54. The van der Waals surface area contributed by atoms with Crippen LogP contribution in [0.3, 0.4) is 0 Å². The van der Waals surface area contributed by atoms with Crippen LogP contribution in [-0.4, -0.2) is 51.7 Å². The topological polar surface area (TPSA) is 57.2 Å². The molecule has 0 bridgehead atoms. The van der Waals surface area contributed by atoms with E-state index in [1.54, 1.807) is 14.2 Å². The van der Waals surface area contributed by atoms with Crippen molar-refractivity contribution in [1.82, 2.24) is 0 Å². The highest BCUT2D eigenvalue weighted by molar-refractivity contribution is 5.16. The van der Waals surface area contributed by atoms with Crippen LogP contribution in [-0.2, 0) is 18.9 Å². The highest BCUT2D eigenvalue weighted by Gasteiger charge is 2.37. The third kappa shape index (κ3) is 3.54. The quantitative estimate of drug-likeness (QED) is 0.394. The second kappa shape index (κ2) is 6.98. The minimum atomic E-state index is -0.516. The Hall–Kier alpha value is -0.460. The van der Waals surface area contributed by atoms with E-state index < -0.39 is 6.10 Å². The predicted octanol–water partition coefficient (Wildman–Crippen LogP) is 0.533. The van der Waals surface area contributed by atoms with Crippen LogP contribution in [0.2, 0.25) is 0 Å². The van der Waals surface area contributed by atoms with E-state index in [1.807, 2.05) is 0 Å². The van der Waals surface area contributed by atoms with Gasteiger partial charge in [0.25, 0.3) is 0 Å². The van der Waals surface area contributed by atoms with Crippen molar-refractivity contribution in [3.63, 3.8) is 0 Å². The molecule has 94 valence electrons. The number of aliphatic hydroxyl groups excluding tert-OH is 1. The third-order valence-electron chi connectivity index (χ3n) is 2.71. The molecule has 0 amide bonds. The summed E-state index contributed by atoms with van der Waals surface area (Å²) in [4.78, 5) is 0. The Morgan fingerprint density at radius 1 is 1.31 bits per heavy atom. The number of hydrogen-bond donors (Lipinski definition) is 1. The normalized spacial score (nSPS) is 29.9. The molecule has 0 saturated heterocycles. The Morgan fingerprint density at radius 2 is 2.00 bits per heavy atom. The molecule has 0 radical (unpaired) electrons. The van der Waals surface area contributed by atoms with Gasteiger partial charge in [0.2, 0.25) is 0 Å². The second-order valence-corrected chi connectivity index (χ2v) is 3.82. The molecular formula is C11H20O5. The number of hydrogen-bond acceptors (Lipinski definition) is 5. The van der Waals surface area contributed by atoms with Crippen molar-refractivity contribution in [2.24, 2.45) is 5.92 Å². The zero-order chi connectivity index (χ0) is 12.0. The first-order chi connectivity index (χ1) is 7.70. The van der Waals surface area contributed by atoms with E-state index in [-0.39, 0.29) is 25.6 Å². The molecule has 3 unspecified atom stereocenters. The molecule has 0 aliphatic heterocycles. The fraction of sp³-hybridized carbons (Fsp3) is 0.818. The van der Waals surface area contributed by atoms with E-state index in [0.29, 0.717) is 13.0 Å². The molecular weight excluding hydrogens is 212 g/mol. The summed E-state index contributed by atoms with van der Waals surface area (Å²) in [7, 11) is 3.13. The lowest BCUT2D eigenvalue weighted by atomic mass is 10.0. The van der Waals surface area contributed by atoms with E-state index in [2.05, 4.69) is 6.58 Å². The fourth-order valence-corrected chi connectivity index (χ4v) is 1.83. The SMILES string of the molecule is C=C1C(O)CC(OCOC)C1COCOC. The molecule has 0 aromatic heterocycles. The summed E-state index contributed by atoms with van der Waals surface area (Å²) >= 11 is 0. The van der Waals surface area contributed by atoms with E-state index in [0.717, 1.165) is 5.57 Å². The lowest BCUT2D eigenvalue weighted by Crippen LogP contribution is -2.24. The van der Waals surface area contributed by atoms with E-state index in [9.17, 15) is 5.11 Å². The van der Waals surface area contributed by atoms with Gasteiger partial charge in [-0.25, -0.2) is 0 Å². The van der Waals surface area contributed by atoms with Crippen LogP contribution in [0.25, 0.3) is 0 Å². The van der Waals surface area contributed by atoms with Crippen molar-refractivity contribution in [1.29, 1.82) is 0 Å². The maximum Gasteiger partial charge on any atom is 0.146 e. The van der Waals surface area contributed by atoms with Crippen LogP contribution in [0, 0.1) is 5.92 Å². The molecule has 3 atom stereocenters. The van der Waals surface area contributed by atoms with Crippen molar-refractivity contribution in [3.05, 3.63) is 12.2 Å². The Bertz CT molecular complexity index is 218. The van der Waals surface area contributed by atoms with E-state index >= 15 is 0 Å². The molecule has 1 aliphatic rings. The first kappa shape index (κ1) is 13.6. The van der Waals surface area contributed by atoms with Crippen molar-refractivity contribution in [3.8, 4) is 0 Å². The third-order valence-corrected chi connectivity index (χ3v) is 2.71. The lowest BCUT2D eigenvalue weighted by Gasteiger charge is -2.19. The van der Waals surface area contributed by atoms with Crippen LogP contribution in [0.4, 0.5) is 0 Å². The number of aliphatic hydroxyl groups is 1. The maximum atomic E-state index is 9.69. The summed E-state index contributed by atoms with van der Waals surface area (Å²) in [5.74, 6) is 0.000278. The molecule has 5 heteroatoms. The number of ether oxygens (including phenoxy) is 4. The second-order valence-electron chi connectivity index (χ2n) is 3.82. The summed E-state index contributed by atoms with van der Waals surface area (Å²) in [5.41, 5.74) is 0.761. The average molecular weight is 232 g/mol. The minimum Gasteiger partial charge on any atom is -0.389 e. The molecule has 1 aliphatic carbocycles. The lowest BCUT2D eigenvalue weighted by molar-refractivity contribution is -0.103. The summed E-state index contributed by atoms with van der Waals surface area (Å²) in [6.45, 7) is 4.75. The molecule has 0 aromatic carbocycles. The van der Waals surface area contributed by atoms with Crippen LogP contribution in [0.15, 0.2) is 12.2 Å². The van der Waals surface area contributed by atoms with Gasteiger partial charge in [0.1, 0.15) is 13.6 Å². The molecule has 1 rings (SSSR count). The molecule has 1 fully saturated rings. The molecule has 5 nitrogen and oxygen atoms in total. The number of rotatable bonds is 7. The molecule has 1 saturated carbocycles. The Balaban J connectivity index is 2.43. The maximum absolute atomic E-state index is 9.69. The van der Waals surface area contributed by atoms with Crippen LogP contribution in [0.5, 0.6) is 0 Å². The van der Waals surface area contributed by atoms with Gasteiger partial charge in [-0.15, -0.1) is 0 Å². The Kier molecular flexibility index (Phi) is 5.94. The van der Waals surface area contributed by atoms with Crippen LogP contribution >= 0.6 is 0 Å². The van der Waals surface area contributed by atoms with Gasteiger partial charge in [-0.2, -0.15) is 0 Å². The summed E-state index contributed by atoms with van der Waals surface area (Å²) in [6.07, 6.45) is -0.0688. The van der Waals surface area contributed by atoms with Crippen LogP contribution in [0.1, 0.15) is 6.42 Å². The molecule has 0 aromatic rings. The predicted molar refractivity (Wildman–Crippen MR) is 57.8 cm³/mol. The van der Waals surface area contributed by atoms with Crippen molar-refractivity contribution in [2.45, 2.75) is 18.6 Å². The van der Waals surface area contributed by atoms with Crippen molar-refractivity contribution in [2.75, 3.05) is 34.4 Å². The molecule has 1 N–H and O–H groups in total. The Morgan fingerprint density at radius 3 is 2.62 bits per heavy atom. The van der Waals surface area contributed by atoms with Gasteiger partial charge in [-0.05, 0) is 5.57 Å². The minimum absolute atomic E-state index is 0.000278. The van der Waals surface area contributed by atoms with Gasteiger partial charge in [-0.3, -0.25) is 0 Å². The molecule has 0 spiro atoms. The zero-order valence-corrected chi connectivity index (χ0v) is 9.85. The van der Waals surface area contributed by atoms with Gasteiger partial charge in [0, 0.05) is 26.6 Å². The van der Waals surface area contributed by atoms with Gasteiger partial charge < -0.3 is 24.1 Å². The smallest absolute Gasteiger partial charge is 0.146 e. The fourth-order valence-electron chi connectivity index (χ4n) is 1.83. The first-order valence-electron chi connectivity index (χ1n) is 5.24. The standard InChI is InChI=1S/C11H20O5/c1-8-9(5-15-6-13-2)11(4-10(8)12)16-7-14-3/h9-12H,1,4-7H2,2-3H3. The van der Waals surface area contributed by atoms with Gasteiger partial charge in [0.05, 0.1) is 18.8 Å². The summed E-state index contributed by atoms with van der Waals surface area (Å²) in [5, 5.41) is 9.69. The van der Waals surface area contributed by atoms with Gasteiger partial charge >= 0.3 is 0 Å². The largest absolute Gasteiger partial charge is 0.389 e. The van der Waals surface area contributed by atoms with Crippen molar-refractivity contribution < 1.29 is 24.1 Å². The highest BCUT2D eigenvalue weighted by Crippen LogP contribution is 2.33. The molecule has 0 heterocycles. The van der Waals surface area contributed by atoms with Gasteiger partial charge in [-0.1, -0.05) is 6.58 Å².